The molecule has 0 unspecified atom stereocenters. The van der Waals surface area contributed by atoms with Crippen molar-refractivity contribution in [3.63, 3.8) is 0 Å². The van der Waals surface area contributed by atoms with Gasteiger partial charge in [0.2, 0.25) is 0 Å². The van der Waals surface area contributed by atoms with Gasteiger partial charge in [0.1, 0.15) is 0 Å². The molecule has 112 valence electrons. The molecule has 1 aliphatic carbocycles. The van der Waals surface area contributed by atoms with Gasteiger partial charge in [-0.05, 0) is 43.6 Å². The molecule has 1 fully saturated rings. The van der Waals surface area contributed by atoms with E-state index in [1.807, 2.05) is 0 Å². The van der Waals surface area contributed by atoms with Crippen molar-refractivity contribution >= 4 is 5.97 Å². The van der Waals surface area contributed by atoms with E-state index in [-0.39, 0.29) is 5.69 Å². The third-order valence-electron chi connectivity index (χ3n) is 4.51. The molecule has 2 N–H and O–H groups in total. The largest absolute Gasteiger partial charge is 0.476 e. The Hall–Kier alpha value is -1.32. The fraction of sp³-hybridized carbons (Fsp3) is 0.688. The molecule has 1 aliphatic rings. The molecule has 0 aliphatic heterocycles. The lowest BCUT2D eigenvalue weighted by Crippen LogP contribution is -2.14. The lowest BCUT2D eigenvalue weighted by Gasteiger charge is -2.28. The van der Waals surface area contributed by atoms with E-state index < -0.39 is 11.8 Å². The molecule has 0 atom stereocenters. The van der Waals surface area contributed by atoms with Crippen LogP contribution in [0.1, 0.15) is 80.4 Å². The summed E-state index contributed by atoms with van der Waals surface area (Å²) in [5.74, 6) is -0.767. The quantitative estimate of drug-likeness (QED) is 0.742. The number of unbranched alkanes of at least 4 members (excludes halogenated alkanes) is 2. The fourth-order valence-corrected chi connectivity index (χ4v) is 3.27. The Labute approximate surface area is 119 Å². The first kappa shape index (κ1) is 15.1. The number of hydrogen-bond donors (Lipinski definition) is 2. The van der Waals surface area contributed by atoms with Crippen molar-refractivity contribution in [1.82, 2.24) is 4.98 Å². The maximum atomic E-state index is 13.5. The molecule has 0 saturated heterocycles. The second-order valence-electron chi connectivity index (χ2n) is 5.97. The molecule has 1 heterocycles. The number of nitrogens with one attached hydrogen (secondary N) is 1. The molecular weight excluding hydrogens is 257 g/mol. The van der Waals surface area contributed by atoms with Gasteiger partial charge < -0.3 is 10.1 Å². The monoisotopic (exact) mass is 281 g/mol. The van der Waals surface area contributed by atoms with Crippen molar-refractivity contribution < 1.29 is 14.3 Å². The van der Waals surface area contributed by atoms with Crippen LogP contribution in [0.5, 0.6) is 0 Å². The zero-order chi connectivity index (χ0) is 14.5. The summed E-state index contributed by atoms with van der Waals surface area (Å²) in [5.41, 5.74) is 0.456. The van der Waals surface area contributed by atoms with E-state index in [1.165, 1.54) is 44.6 Å². The molecule has 0 amide bonds. The number of halogens is 1. The number of carboxylic acid groups (broad SMARTS) is 1. The summed E-state index contributed by atoms with van der Waals surface area (Å²) in [7, 11) is 0. The van der Waals surface area contributed by atoms with Gasteiger partial charge in [0, 0.05) is 5.69 Å². The molecule has 3 nitrogen and oxygen atoms in total. The average Bonchev–Trinajstić information content (AvgIpc) is 2.82. The van der Waals surface area contributed by atoms with Crippen LogP contribution in [0.15, 0.2) is 6.07 Å². The first-order chi connectivity index (χ1) is 9.61. The maximum Gasteiger partial charge on any atom is 0.355 e. The van der Waals surface area contributed by atoms with Crippen LogP contribution < -0.4 is 0 Å². The predicted octanol–water partition coefficient (Wildman–Crippen LogP) is 4.71. The second kappa shape index (κ2) is 6.91. The number of carbonyl (C=O) groups is 1. The Balaban J connectivity index is 1.87. The lowest BCUT2D eigenvalue weighted by atomic mass is 9.78. The highest BCUT2D eigenvalue weighted by molar-refractivity contribution is 5.85. The van der Waals surface area contributed by atoms with Crippen LogP contribution >= 0.6 is 0 Å². The van der Waals surface area contributed by atoms with Crippen LogP contribution in [0.2, 0.25) is 0 Å². The molecule has 0 spiro atoms. The van der Waals surface area contributed by atoms with Gasteiger partial charge in [-0.15, -0.1) is 0 Å². The van der Waals surface area contributed by atoms with Crippen LogP contribution in [0.3, 0.4) is 0 Å². The Bertz CT molecular complexity index is 447. The summed E-state index contributed by atoms with van der Waals surface area (Å²) in [5, 5.41) is 8.87. The van der Waals surface area contributed by atoms with Crippen molar-refractivity contribution in [3.05, 3.63) is 23.3 Å². The van der Waals surface area contributed by atoms with Gasteiger partial charge in [0.05, 0.1) is 0 Å². The average molecular weight is 281 g/mol. The van der Waals surface area contributed by atoms with Gasteiger partial charge in [-0.1, -0.05) is 32.6 Å². The number of aromatic nitrogens is 1. The van der Waals surface area contributed by atoms with Gasteiger partial charge in [-0.3, -0.25) is 0 Å². The normalized spacial score (nSPS) is 22.9. The maximum absolute atomic E-state index is 13.5. The Morgan fingerprint density at radius 3 is 2.60 bits per heavy atom. The smallest absolute Gasteiger partial charge is 0.355 e. The zero-order valence-corrected chi connectivity index (χ0v) is 12.1. The van der Waals surface area contributed by atoms with E-state index in [0.29, 0.717) is 5.92 Å². The number of carboxylic acids is 1. The van der Waals surface area contributed by atoms with Gasteiger partial charge in [0.15, 0.2) is 11.5 Å². The highest BCUT2D eigenvalue weighted by Gasteiger charge is 2.25. The number of aromatic carboxylic acids is 1. The highest BCUT2D eigenvalue weighted by Crippen LogP contribution is 2.37. The minimum absolute atomic E-state index is 0.292. The van der Waals surface area contributed by atoms with Crippen molar-refractivity contribution in [2.45, 2.75) is 64.2 Å². The summed E-state index contributed by atoms with van der Waals surface area (Å²) >= 11 is 0. The second-order valence-corrected chi connectivity index (χ2v) is 5.97. The van der Waals surface area contributed by atoms with Crippen LogP contribution in [-0.2, 0) is 0 Å². The molecule has 20 heavy (non-hydrogen) atoms. The Morgan fingerprint density at radius 1 is 1.35 bits per heavy atom. The Kier molecular flexibility index (Phi) is 5.21. The first-order valence-electron chi connectivity index (χ1n) is 7.73. The van der Waals surface area contributed by atoms with Crippen molar-refractivity contribution in [2.24, 2.45) is 5.92 Å². The van der Waals surface area contributed by atoms with E-state index in [1.54, 1.807) is 0 Å². The highest BCUT2D eigenvalue weighted by atomic mass is 19.1. The molecule has 1 aromatic rings. The molecule has 1 saturated carbocycles. The minimum Gasteiger partial charge on any atom is -0.476 e. The fourth-order valence-electron chi connectivity index (χ4n) is 3.27. The summed E-state index contributed by atoms with van der Waals surface area (Å²) in [6.45, 7) is 2.22. The number of H-pyrrole nitrogens is 1. The topological polar surface area (TPSA) is 53.1 Å². The summed E-state index contributed by atoms with van der Waals surface area (Å²) in [6.07, 6.45) is 9.62. The zero-order valence-electron chi connectivity index (χ0n) is 12.1. The number of rotatable bonds is 6. The van der Waals surface area contributed by atoms with Gasteiger partial charge in [-0.2, -0.15) is 0 Å². The van der Waals surface area contributed by atoms with E-state index in [9.17, 15) is 9.18 Å². The Morgan fingerprint density at radius 2 is 2.05 bits per heavy atom. The molecular formula is C16H24FNO2. The molecule has 0 radical (unpaired) electrons. The van der Waals surface area contributed by atoms with E-state index in [4.69, 9.17) is 5.11 Å². The van der Waals surface area contributed by atoms with Gasteiger partial charge in [-0.25, -0.2) is 9.18 Å². The molecule has 2 rings (SSSR count). The number of aromatic amines is 1. The van der Waals surface area contributed by atoms with Crippen molar-refractivity contribution in [3.8, 4) is 0 Å². The molecule has 4 heteroatoms. The van der Waals surface area contributed by atoms with Crippen molar-refractivity contribution in [2.75, 3.05) is 0 Å². The van der Waals surface area contributed by atoms with Gasteiger partial charge in [0.25, 0.3) is 0 Å². The van der Waals surface area contributed by atoms with Crippen LogP contribution in [0, 0.1) is 11.7 Å². The predicted molar refractivity (Wildman–Crippen MR) is 76.6 cm³/mol. The van der Waals surface area contributed by atoms with E-state index in [2.05, 4.69) is 11.9 Å². The standard InChI is InChI=1S/C16H24FNO2/c1-2-3-4-5-11-6-8-12(9-7-11)14-10-13(17)15(18-14)16(19)20/h10-12,18H,2-9H2,1H3,(H,19,20)/t11-,12+. The first-order valence-corrected chi connectivity index (χ1v) is 7.73. The minimum atomic E-state index is -1.22. The molecule has 0 bridgehead atoms. The summed E-state index contributed by atoms with van der Waals surface area (Å²) in [6, 6.07) is 1.37. The molecule has 1 aromatic heterocycles. The van der Waals surface area contributed by atoms with Crippen LogP contribution in [0.25, 0.3) is 0 Å². The third-order valence-corrected chi connectivity index (χ3v) is 4.51. The lowest BCUT2D eigenvalue weighted by molar-refractivity contribution is 0.0686. The van der Waals surface area contributed by atoms with Gasteiger partial charge >= 0.3 is 5.97 Å². The number of hydrogen-bond acceptors (Lipinski definition) is 1. The summed E-state index contributed by atoms with van der Waals surface area (Å²) < 4.78 is 13.5. The van der Waals surface area contributed by atoms with Crippen molar-refractivity contribution in [1.29, 1.82) is 0 Å². The molecule has 0 aromatic carbocycles. The van der Waals surface area contributed by atoms with E-state index in [0.717, 1.165) is 24.5 Å². The van der Waals surface area contributed by atoms with Crippen LogP contribution in [0.4, 0.5) is 4.39 Å². The summed E-state index contributed by atoms with van der Waals surface area (Å²) in [4.78, 5) is 13.6. The van der Waals surface area contributed by atoms with Crippen LogP contribution in [-0.4, -0.2) is 16.1 Å². The third kappa shape index (κ3) is 3.62. The van der Waals surface area contributed by atoms with E-state index >= 15 is 0 Å². The SMILES string of the molecule is CCCCC[C@H]1CC[C@@H](c2cc(F)c(C(=O)O)[nH]2)CC1.